The van der Waals surface area contributed by atoms with Gasteiger partial charge in [0.1, 0.15) is 5.82 Å². The molecule has 0 radical (unpaired) electrons. The molecule has 74 valence electrons. The number of rotatable bonds is 3. The molecule has 0 atom stereocenters. The standard InChI is InChI=1S/C10H12N2O2/c1-10(5-6-10)12-8-4-2-3-7(11-8)9(13)14/h2-4H,5-6H2,1H3,(H,11,12)(H,13,14). The van der Waals surface area contributed by atoms with Crippen LogP contribution in [0.2, 0.25) is 0 Å². The van der Waals surface area contributed by atoms with Gasteiger partial charge in [0.2, 0.25) is 0 Å². The first-order chi connectivity index (χ1) is 6.59. The van der Waals surface area contributed by atoms with Crippen molar-refractivity contribution in [3.63, 3.8) is 0 Å². The predicted molar refractivity (Wildman–Crippen MR) is 52.5 cm³/mol. The first-order valence-electron chi connectivity index (χ1n) is 4.58. The monoisotopic (exact) mass is 192 g/mol. The molecule has 0 saturated heterocycles. The van der Waals surface area contributed by atoms with Crippen molar-refractivity contribution >= 4 is 11.8 Å². The molecule has 0 aromatic carbocycles. The van der Waals surface area contributed by atoms with Crippen molar-refractivity contribution in [3.05, 3.63) is 23.9 Å². The van der Waals surface area contributed by atoms with Crippen LogP contribution < -0.4 is 5.32 Å². The number of anilines is 1. The van der Waals surface area contributed by atoms with Crippen LogP contribution in [0, 0.1) is 0 Å². The van der Waals surface area contributed by atoms with Crippen LogP contribution in [0.3, 0.4) is 0 Å². The molecule has 14 heavy (non-hydrogen) atoms. The van der Waals surface area contributed by atoms with Crippen molar-refractivity contribution in [3.8, 4) is 0 Å². The van der Waals surface area contributed by atoms with Gasteiger partial charge >= 0.3 is 5.97 Å². The smallest absolute Gasteiger partial charge is 0.354 e. The molecular formula is C10H12N2O2. The molecule has 1 fully saturated rings. The molecule has 4 heteroatoms. The van der Waals surface area contributed by atoms with Crippen LogP contribution in [0.15, 0.2) is 18.2 Å². The van der Waals surface area contributed by atoms with Gasteiger partial charge in [-0.2, -0.15) is 0 Å². The Morgan fingerprint density at radius 2 is 2.29 bits per heavy atom. The lowest BCUT2D eigenvalue weighted by molar-refractivity contribution is 0.0690. The third-order valence-electron chi connectivity index (χ3n) is 2.40. The van der Waals surface area contributed by atoms with E-state index in [0.29, 0.717) is 5.82 Å². The van der Waals surface area contributed by atoms with E-state index in [1.807, 2.05) is 0 Å². The quantitative estimate of drug-likeness (QED) is 0.765. The van der Waals surface area contributed by atoms with E-state index in [1.54, 1.807) is 12.1 Å². The summed E-state index contributed by atoms with van der Waals surface area (Å²) in [6.45, 7) is 2.10. The summed E-state index contributed by atoms with van der Waals surface area (Å²) in [5.74, 6) is -0.348. The molecule has 1 heterocycles. The average molecular weight is 192 g/mol. The third kappa shape index (κ3) is 1.84. The maximum atomic E-state index is 10.6. The van der Waals surface area contributed by atoms with Crippen LogP contribution in [0.1, 0.15) is 30.3 Å². The van der Waals surface area contributed by atoms with Crippen LogP contribution >= 0.6 is 0 Å². The zero-order chi connectivity index (χ0) is 10.2. The fraction of sp³-hybridized carbons (Fsp3) is 0.400. The van der Waals surface area contributed by atoms with Crippen molar-refractivity contribution in [2.75, 3.05) is 5.32 Å². The van der Waals surface area contributed by atoms with Gasteiger partial charge in [-0.15, -0.1) is 0 Å². The van der Waals surface area contributed by atoms with E-state index in [9.17, 15) is 4.79 Å². The third-order valence-corrected chi connectivity index (χ3v) is 2.40. The highest BCUT2D eigenvalue weighted by molar-refractivity contribution is 5.85. The largest absolute Gasteiger partial charge is 0.477 e. The normalized spacial score (nSPS) is 17.5. The predicted octanol–water partition coefficient (Wildman–Crippen LogP) is 1.74. The number of aromatic nitrogens is 1. The fourth-order valence-corrected chi connectivity index (χ4v) is 1.25. The Morgan fingerprint density at radius 3 is 2.86 bits per heavy atom. The minimum Gasteiger partial charge on any atom is -0.477 e. The van der Waals surface area contributed by atoms with Gasteiger partial charge in [-0.25, -0.2) is 9.78 Å². The van der Waals surface area contributed by atoms with Gasteiger partial charge in [0.25, 0.3) is 0 Å². The zero-order valence-electron chi connectivity index (χ0n) is 7.95. The number of carbonyl (C=O) groups is 1. The van der Waals surface area contributed by atoms with E-state index in [-0.39, 0.29) is 11.2 Å². The molecule has 0 unspecified atom stereocenters. The SMILES string of the molecule is CC1(Nc2cccc(C(=O)O)n2)CC1. The molecular weight excluding hydrogens is 180 g/mol. The minimum absolute atomic E-state index is 0.0826. The van der Waals surface area contributed by atoms with E-state index >= 15 is 0 Å². The first-order valence-corrected chi connectivity index (χ1v) is 4.58. The molecule has 0 spiro atoms. The number of carboxylic acid groups (broad SMARTS) is 1. The Bertz CT molecular complexity index is 372. The number of hydrogen-bond donors (Lipinski definition) is 2. The van der Waals surface area contributed by atoms with Crippen LogP contribution in [-0.4, -0.2) is 21.6 Å². The topological polar surface area (TPSA) is 62.2 Å². The molecule has 2 rings (SSSR count). The van der Waals surface area contributed by atoms with E-state index in [0.717, 1.165) is 12.8 Å². The minimum atomic E-state index is -0.991. The van der Waals surface area contributed by atoms with Crippen molar-refractivity contribution in [2.45, 2.75) is 25.3 Å². The Balaban J connectivity index is 2.17. The number of nitrogens with one attached hydrogen (secondary N) is 1. The highest BCUT2D eigenvalue weighted by atomic mass is 16.4. The molecule has 2 N–H and O–H groups in total. The van der Waals surface area contributed by atoms with E-state index in [1.165, 1.54) is 6.07 Å². The molecule has 0 aliphatic heterocycles. The number of pyridine rings is 1. The molecule has 1 aromatic rings. The summed E-state index contributed by atoms with van der Waals surface area (Å²) in [6, 6.07) is 4.98. The second kappa shape index (κ2) is 2.97. The summed E-state index contributed by atoms with van der Waals surface area (Å²) in [5.41, 5.74) is 0.212. The van der Waals surface area contributed by atoms with Gasteiger partial charge in [0, 0.05) is 5.54 Å². The molecule has 1 aromatic heterocycles. The Hall–Kier alpha value is -1.58. The van der Waals surface area contributed by atoms with Crippen molar-refractivity contribution in [1.29, 1.82) is 0 Å². The van der Waals surface area contributed by atoms with Crippen LogP contribution in [0.4, 0.5) is 5.82 Å². The molecule has 4 nitrogen and oxygen atoms in total. The first kappa shape index (κ1) is 8.99. The lowest BCUT2D eigenvalue weighted by Gasteiger charge is -2.11. The molecule has 1 aliphatic rings. The summed E-state index contributed by atoms with van der Waals surface area (Å²) in [5, 5.41) is 11.9. The van der Waals surface area contributed by atoms with E-state index < -0.39 is 5.97 Å². The highest BCUT2D eigenvalue weighted by Crippen LogP contribution is 2.37. The van der Waals surface area contributed by atoms with Crippen LogP contribution in [0.25, 0.3) is 0 Å². The lowest BCUT2D eigenvalue weighted by Crippen LogP contribution is -2.17. The van der Waals surface area contributed by atoms with Crippen molar-refractivity contribution in [1.82, 2.24) is 4.98 Å². The zero-order valence-corrected chi connectivity index (χ0v) is 7.95. The van der Waals surface area contributed by atoms with Gasteiger partial charge in [0.15, 0.2) is 5.69 Å². The fourth-order valence-electron chi connectivity index (χ4n) is 1.25. The molecule has 1 aliphatic carbocycles. The second-order valence-corrected chi connectivity index (χ2v) is 3.90. The summed E-state index contributed by atoms with van der Waals surface area (Å²) in [7, 11) is 0. The van der Waals surface area contributed by atoms with Gasteiger partial charge < -0.3 is 10.4 Å². The van der Waals surface area contributed by atoms with Gasteiger partial charge in [-0.05, 0) is 31.9 Å². The van der Waals surface area contributed by atoms with E-state index in [2.05, 4.69) is 17.2 Å². The Labute approximate surface area is 82.0 Å². The van der Waals surface area contributed by atoms with Crippen molar-refractivity contribution < 1.29 is 9.90 Å². The van der Waals surface area contributed by atoms with Crippen molar-refractivity contribution in [2.24, 2.45) is 0 Å². The summed E-state index contributed by atoms with van der Waals surface area (Å²) in [4.78, 5) is 14.6. The average Bonchev–Trinajstić information content (AvgIpc) is 2.83. The Kier molecular flexibility index (Phi) is 1.91. The highest BCUT2D eigenvalue weighted by Gasteiger charge is 2.37. The number of carboxylic acids is 1. The molecule has 0 amide bonds. The summed E-state index contributed by atoms with van der Waals surface area (Å²) >= 11 is 0. The lowest BCUT2D eigenvalue weighted by atomic mass is 10.3. The summed E-state index contributed by atoms with van der Waals surface area (Å²) < 4.78 is 0. The second-order valence-electron chi connectivity index (χ2n) is 3.90. The van der Waals surface area contributed by atoms with Gasteiger partial charge in [-0.1, -0.05) is 6.07 Å². The van der Waals surface area contributed by atoms with E-state index in [4.69, 9.17) is 5.11 Å². The maximum absolute atomic E-state index is 10.6. The molecule has 1 saturated carbocycles. The van der Waals surface area contributed by atoms with Gasteiger partial charge in [-0.3, -0.25) is 0 Å². The number of aromatic carboxylic acids is 1. The number of nitrogens with zero attached hydrogens (tertiary/aromatic N) is 1. The summed E-state index contributed by atoms with van der Waals surface area (Å²) in [6.07, 6.45) is 2.23. The Morgan fingerprint density at radius 1 is 1.57 bits per heavy atom. The molecule has 0 bridgehead atoms. The maximum Gasteiger partial charge on any atom is 0.354 e. The van der Waals surface area contributed by atoms with Gasteiger partial charge in [0.05, 0.1) is 0 Å². The van der Waals surface area contributed by atoms with Crippen LogP contribution in [0.5, 0.6) is 0 Å². The van der Waals surface area contributed by atoms with Crippen LogP contribution in [-0.2, 0) is 0 Å². The number of hydrogen-bond acceptors (Lipinski definition) is 3.